The van der Waals surface area contributed by atoms with Crippen molar-refractivity contribution in [3.05, 3.63) is 58.8 Å². The molecule has 0 aromatic heterocycles. The summed E-state index contributed by atoms with van der Waals surface area (Å²) in [7, 11) is 0. The number of esters is 1. The minimum absolute atomic E-state index is 0.0542. The number of anilines is 1. The second-order valence-corrected chi connectivity index (χ2v) is 5.76. The molecule has 24 heavy (non-hydrogen) atoms. The highest BCUT2D eigenvalue weighted by Crippen LogP contribution is 2.16. The highest BCUT2D eigenvalue weighted by atomic mass is 79.9. The first kappa shape index (κ1) is 17.9. The Morgan fingerprint density at radius 2 is 1.83 bits per heavy atom. The van der Waals surface area contributed by atoms with Crippen molar-refractivity contribution in [3.63, 3.8) is 0 Å². The van der Waals surface area contributed by atoms with Gasteiger partial charge in [-0.3, -0.25) is 4.79 Å². The molecule has 2 rings (SSSR count). The van der Waals surface area contributed by atoms with E-state index in [4.69, 9.17) is 9.47 Å². The van der Waals surface area contributed by atoms with Gasteiger partial charge in [0.2, 0.25) is 0 Å². The summed E-state index contributed by atoms with van der Waals surface area (Å²) in [5.41, 5.74) is 0.578. The molecule has 0 fully saturated rings. The zero-order valence-electron chi connectivity index (χ0n) is 12.8. The Kier molecular flexibility index (Phi) is 6.31. The number of hydrogen-bond donors (Lipinski definition) is 1. The van der Waals surface area contributed by atoms with Gasteiger partial charge in [0, 0.05) is 10.2 Å². The molecule has 0 heterocycles. The third-order valence-corrected chi connectivity index (χ3v) is 3.50. The van der Waals surface area contributed by atoms with E-state index in [-0.39, 0.29) is 5.75 Å². The summed E-state index contributed by atoms with van der Waals surface area (Å²) in [5, 5.41) is 2.62. The summed E-state index contributed by atoms with van der Waals surface area (Å²) >= 11 is 3.29. The standard InChI is InChI=1S/C17H15BrFNO4/c1-11(17(22)20-13-8-6-12(18)7-9-13)24-16(21)10-23-15-5-3-2-4-14(15)19/h2-9,11H,10H2,1H3,(H,20,22)/t11-/m1/s1. The minimum atomic E-state index is -1.01. The van der Waals surface area contributed by atoms with Crippen molar-refractivity contribution < 1.29 is 23.5 Å². The molecule has 0 radical (unpaired) electrons. The number of para-hydroxylation sites is 1. The molecule has 7 heteroatoms. The van der Waals surface area contributed by atoms with E-state index in [2.05, 4.69) is 21.2 Å². The van der Waals surface area contributed by atoms with Crippen molar-refractivity contribution in [3.8, 4) is 5.75 Å². The summed E-state index contributed by atoms with van der Waals surface area (Å²) in [6.45, 7) is 0.950. The molecule has 0 saturated heterocycles. The topological polar surface area (TPSA) is 64.6 Å². The first-order chi connectivity index (χ1) is 11.5. The Bertz CT molecular complexity index is 721. The molecule has 126 valence electrons. The molecule has 5 nitrogen and oxygen atoms in total. The summed E-state index contributed by atoms with van der Waals surface area (Å²) in [6.07, 6.45) is -1.01. The third kappa shape index (κ3) is 5.34. The highest BCUT2D eigenvalue weighted by Gasteiger charge is 2.18. The Hall–Kier alpha value is -2.41. The molecular weight excluding hydrogens is 381 g/mol. The Morgan fingerprint density at radius 1 is 1.17 bits per heavy atom. The lowest BCUT2D eigenvalue weighted by atomic mass is 10.3. The summed E-state index contributed by atoms with van der Waals surface area (Å²) in [4.78, 5) is 23.6. The van der Waals surface area contributed by atoms with E-state index < -0.39 is 30.4 Å². The molecule has 2 aromatic rings. The van der Waals surface area contributed by atoms with Gasteiger partial charge in [-0.25, -0.2) is 9.18 Å². The lowest BCUT2D eigenvalue weighted by molar-refractivity contribution is -0.155. The SMILES string of the molecule is C[C@@H](OC(=O)COc1ccccc1F)C(=O)Nc1ccc(Br)cc1. The normalized spacial score (nSPS) is 11.5. The molecule has 0 saturated carbocycles. The van der Waals surface area contributed by atoms with Crippen molar-refractivity contribution in [1.82, 2.24) is 0 Å². The van der Waals surface area contributed by atoms with E-state index in [1.54, 1.807) is 30.3 Å². The van der Waals surface area contributed by atoms with Gasteiger partial charge in [0.05, 0.1) is 0 Å². The molecule has 1 amide bonds. The van der Waals surface area contributed by atoms with Crippen LogP contribution in [-0.4, -0.2) is 24.6 Å². The molecule has 1 N–H and O–H groups in total. The van der Waals surface area contributed by atoms with Gasteiger partial charge >= 0.3 is 5.97 Å². The van der Waals surface area contributed by atoms with Crippen LogP contribution in [0.25, 0.3) is 0 Å². The van der Waals surface area contributed by atoms with Gasteiger partial charge in [-0.1, -0.05) is 28.1 Å². The van der Waals surface area contributed by atoms with Crippen LogP contribution in [0, 0.1) is 5.82 Å². The lowest BCUT2D eigenvalue weighted by Gasteiger charge is -2.14. The highest BCUT2D eigenvalue weighted by molar-refractivity contribution is 9.10. The number of carbonyl (C=O) groups excluding carboxylic acids is 2. The van der Waals surface area contributed by atoms with Crippen LogP contribution in [0.1, 0.15) is 6.92 Å². The average molecular weight is 396 g/mol. The van der Waals surface area contributed by atoms with Crippen LogP contribution in [0.4, 0.5) is 10.1 Å². The van der Waals surface area contributed by atoms with Gasteiger partial charge in [0.15, 0.2) is 24.3 Å². The van der Waals surface area contributed by atoms with Crippen LogP contribution in [-0.2, 0) is 14.3 Å². The summed E-state index contributed by atoms with van der Waals surface area (Å²) in [5.74, 6) is -1.87. The average Bonchev–Trinajstić information content (AvgIpc) is 2.56. The van der Waals surface area contributed by atoms with E-state index in [9.17, 15) is 14.0 Å². The van der Waals surface area contributed by atoms with Gasteiger partial charge < -0.3 is 14.8 Å². The van der Waals surface area contributed by atoms with Crippen molar-refractivity contribution in [2.45, 2.75) is 13.0 Å². The number of halogens is 2. The maximum Gasteiger partial charge on any atom is 0.344 e. The Morgan fingerprint density at radius 3 is 2.50 bits per heavy atom. The monoisotopic (exact) mass is 395 g/mol. The fraction of sp³-hybridized carbons (Fsp3) is 0.176. The molecule has 2 aromatic carbocycles. The number of ether oxygens (including phenoxy) is 2. The lowest BCUT2D eigenvalue weighted by Crippen LogP contribution is -2.31. The van der Waals surface area contributed by atoms with Crippen molar-refractivity contribution in [2.75, 3.05) is 11.9 Å². The number of nitrogens with one attached hydrogen (secondary N) is 1. The molecule has 0 aliphatic heterocycles. The third-order valence-electron chi connectivity index (χ3n) is 2.97. The van der Waals surface area contributed by atoms with E-state index >= 15 is 0 Å². The van der Waals surface area contributed by atoms with Gasteiger partial charge in [-0.15, -0.1) is 0 Å². The first-order valence-electron chi connectivity index (χ1n) is 7.09. The van der Waals surface area contributed by atoms with Crippen LogP contribution in [0.3, 0.4) is 0 Å². The van der Waals surface area contributed by atoms with Crippen LogP contribution < -0.4 is 10.1 Å². The van der Waals surface area contributed by atoms with Crippen LogP contribution >= 0.6 is 15.9 Å². The molecule has 1 atom stereocenters. The first-order valence-corrected chi connectivity index (χ1v) is 7.88. The fourth-order valence-corrected chi connectivity index (χ4v) is 2.02. The maximum absolute atomic E-state index is 13.4. The van der Waals surface area contributed by atoms with E-state index in [0.717, 1.165) is 4.47 Å². The smallest absolute Gasteiger partial charge is 0.344 e. The van der Waals surface area contributed by atoms with Crippen molar-refractivity contribution >= 4 is 33.5 Å². The Labute approximate surface area is 146 Å². The van der Waals surface area contributed by atoms with Gasteiger partial charge in [0.1, 0.15) is 0 Å². The summed E-state index contributed by atoms with van der Waals surface area (Å²) < 4.78 is 24.2. The Balaban J connectivity index is 1.81. The van der Waals surface area contributed by atoms with E-state index in [1.165, 1.54) is 25.1 Å². The second-order valence-electron chi connectivity index (χ2n) is 4.85. The number of rotatable bonds is 6. The van der Waals surface area contributed by atoms with E-state index in [1.807, 2.05) is 0 Å². The number of amides is 1. The molecule has 0 aliphatic rings. The maximum atomic E-state index is 13.4. The largest absolute Gasteiger partial charge is 0.479 e. The van der Waals surface area contributed by atoms with Crippen molar-refractivity contribution in [1.29, 1.82) is 0 Å². The zero-order valence-corrected chi connectivity index (χ0v) is 14.4. The number of hydrogen-bond acceptors (Lipinski definition) is 4. The molecule has 0 spiro atoms. The van der Waals surface area contributed by atoms with Crippen LogP contribution in [0.15, 0.2) is 53.0 Å². The molecule has 0 bridgehead atoms. The summed E-state index contributed by atoms with van der Waals surface area (Å²) in [6, 6.07) is 12.7. The van der Waals surface area contributed by atoms with Crippen LogP contribution in [0.5, 0.6) is 5.75 Å². The fourth-order valence-electron chi connectivity index (χ4n) is 1.76. The van der Waals surface area contributed by atoms with Gasteiger partial charge in [0.25, 0.3) is 5.91 Å². The molecule has 0 unspecified atom stereocenters. The predicted octanol–water partition coefficient (Wildman–Crippen LogP) is 3.54. The zero-order chi connectivity index (χ0) is 17.5. The molecular formula is C17H15BrFNO4. The van der Waals surface area contributed by atoms with Crippen molar-refractivity contribution in [2.24, 2.45) is 0 Å². The minimum Gasteiger partial charge on any atom is -0.479 e. The second kappa shape index (κ2) is 8.44. The van der Waals surface area contributed by atoms with Gasteiger partial charge in [-0.05, 0) is 43.3 Å². The quantitative estimate of drug-likeness (QED) is 0.759. The number of carbonyl (C=O) groups is 2. The molecule has 0 aliphatic carbocycles. The van der Waals surface area contributed by atoms with Gasteiger partial charge in [-0.2, -0.15) is 0 Å². The van der Waals surface area contributed by atoms with Crippen LogP contribution in [0.2, 0.25) is 0 Å². The van der Waals surface area contributed by atoms with E-state index in [0.29, 0.717) is 5.69 Å². The predicted molar refractivity (Wildman–Crippen MR) is 90.2 cm³/mol. The number of benzene rings is 2.